The molecule has 210 valence electrons. The van der Waals surface area contributed by atoms with E-state index in [1.165, 1.54) is 22.3 Å². The number of amides is 1. The molecule has 0 aliphatic carbocycles. The second kappa shape index (κ2) is 12.3. The summed E-state index contributed by atoms with van der Waals surface area (Å²) >= 11 is 1.27. The predicted octanol–water partition coefficient (Wildman–Crippen LogP) is 6.67. The van der Waals surface area contributed by atoms with Gasteiger partial charge in [-0.25, -0.2) is 4.98 Å². The minimum absolute atomic E-state index is 0.0382. The van der Waals surface area contributed by atoms with Crippen molar-refractivity contribution in [3.8, 4) is 17.2 Å². The van der Waals surface area contributed by atoms with Gasteiger partial charge in [-0.2, -0.15) is 0 Å². The normalized spacial score (nSPS) is 15.2. The molecule has 0 radical (unpaired) electrons. The van der Waals surface area contributed by atoms with Crippen LogP contribution in [0.15, 0.2) is 84.1 Å². The molecule has 1 aliphatic heterocycles. The molecule has 4 aromatic rings. The fourth-order valence-electron chi connectivity index (χ4n) is 4.61. The van der Waals surface area contributed by atoms with Crippen molar-refractivity contribution in [1.82, 2.24) is 4.98 Å². The van der Waals surface area contributed by atoms with Gasteiger partial charge in [0.25, 0.3) is 5.91 Å². The molecular weight excluding hydrogens is 540 g/mol. The van der Waals surface area contributed by atoms with Crippen LogP contribution in [-0.4, -0.2) is 42.1 Å². The molecule has 9 heteroatoms. The van der Waals surface area contributed by atoms with Gasteiger partial charge in [-0.05, 0) is 60.9 Å². The lowest BCUT2D eigenvalue weighted by Crippen LogP contribution is -2.30. The van der Waals surface area contributed by atoms with E-state index in [9.17, 15) is 14.7 Å². The smallest absolute Gasteiger partial charge is 0.296 e. The van der Waals surface area contributed by atoms with Crippen molar-refractivity contribution in [1.29, 1.82) is 0 Å². The minimum Gasteiger partial charge on any atom is -0.503 e. The average Bonchev–Trinajstić information content (AvgIpc) is 3.53. The molecule has 0 saturated heterocycles. The van der Waals surface area contributed by atoms with Crippen molar-refractivity contribution in [3.05, 3.63) is 95.3 Å². The number of hydrogen-bond donors (Lipinski definition) is 1. The average molecular weight is 571 g/mol. The number of anilines is 1. The Morgan fingerprint density at radius 1 is 1.05 bits per heavy atom. The second-order valence-electron chi connectivity index (χ2n) is 9.27. The number of carbonyl (C=O) groups is 2. The van der Waals surface area contributed by atoms with Gasteiger partial charge >= 0.3 is 0 Å². The number of rotatable bonds is 11. The Hall–Kier alpha value is -4.63. The van der Waals surface area contributed by atoms with E-state index in [4.69, 9.17) is 14.2 Å². The van der Waals surface area contributed by atoms with Gasteiger partial charge in [0.1, 0.15) is 5.75 Å². The first-order valence-electron chi connectivity index (χ1n) is 13.3. The Kier molecular flexibility index (Phi) is 8.35. The van der Waals surface area contributed by atoms with Gasteiger partial charge in [-0.3, -0.25) is 14.5 Å². The van der Waals surface area contributed by atoms with Crippen LogP contribution in [0, 0.1) is 0 Å². The van der Waals surface area contributed by atoms with E-state index >= 15 is 0 Å². The van der Waals surface area contributed by atoms with Crippen molar-refractivity contribution in [3.63, 3.8) is 0 Å². The molecule has 1 unspecified atom stereocenters. The van der Waals surface area contributed by atoms with Crippen LogP contribution in [-0.2, 0) is 9.59 Å². The number of hydrogen-bond acceptors (Lipinski definition) is 8. The Bertz CT molecular complexity index is 1640. The number of ketones is 1. The summed E-state index contributed by atoms with van der Waals surface area (Å²) in [4.78, 5) is 33.3. The topological polar surface area (TPSA) is 98.2 Å². The monoisotopic (exact) mass is 570 g/mol. The van der Waals surface area contributed by atoms with Gasteiger partial charge in [0.2, 0.25) is 0 Å². The molecule has 0 saturated carbocycles. The number of aliphatic hydroxyl groups excluding tert-OH is 1. The van der Waals surface area contributed by atoms with E-state index in [-0.39, 0.29) is 5.57 Å². The summed E-state index contributed by atoms with van der Waals surface area (Å²) in [5.41, 5.74) is 2.01. The van der Waals surface area contributed by atoms with Gasteiger partial charge in [-0.1, -0.05) is 60.7 Å². The van der Waals surface area contributed by atoms with Gasteiger partial charge in [0.05, 0.1) is 42.2 Å². The molecule has 1 atom stereocenters. The number of allylic oxidation sites excluding steroid dienone is 1. The highest BCUT2D eigenvalue weighted by Crippen LogP contribution is 2.45. The lowest BCUT2D eigenvalue weighted by atomic mass is 9.95. The molecule has 1 N–H and O–H groups in total. The van der Waals surface area contributed by atoms with Gasteiger partial charge in [0.15, 0.2) is 28.2 Å². The van der Waals surface area contributed by atoms with Crippen LogP contribution in [0.1, 0.15) is 37.4 Å². The van der Waals surface area contributed by atoms with E-state index < -0.39 is 23.5 Å². The molecule has 0 bridgehead atoms. The number of ether oxygens (including phenoxy) is 3. The third kappa shape index (κ3) is 5.67. The standard InChI is InChI=1S/C32H30N2O6S/c1-4-17-40-25-16-12-21(18-26(25)39-5-2)29-28(24(35)15-11-20-9-7-6-8-10-20)30(36)31(37)34(29)32-33-23-14-13-22(38-3)19-27(23)41-32/h6-16,18-19,29,36H,4-5,17H2,1-3H3. The summed E-state index contributed by atoms with van der Waals surface area (Å²) < 4.78 is 17.9. The molecule has 3 aromatic carbocycles. The maximum atomic E-state index is 13.6. The minimum atomic E-state index is -0.947. The van der Waals surface area contributed by atoms with Gasteiger partial charge in [0, 0.05) is 0 Å². The summed E-state index contributed by atoms with van der Waals surface area (Å²) in [7, 11) is 1.58. The zero-order chi connectivity index (χ0) is 28.9. The third-order valence-electron chi connectivity index (χ3n) is 6.54. The maximum Gasteiger partial charge on any atom is 0.296 e. The molecule has 8 nitrogen and oxygen atoms in total. The van der Waals surface area contributed by atoms with E-state index in [0.29, 0.717) is 46.7 Å². The lowest BCUT2D eigenvalue weighted by molar-refractivity contribution is -0.117. The van der Waals surface area contributed by atoms with Crippen LogP contribution >= 0.6 is 11.3 Å². The SMILES string of the molecule is CCCOc1ccc(C2C(C(=O)C=Cc3ccccc3)=C(O)C(=O)N2c2nc3ccc(OC)cc3s2)cc1OCC. The van der Waals surface area contributed by atoms with E-state index in [1.54, 1.807) is 43.5 Å². The molecule has 1 amide bonds. The summed E-state index contributed by atoms with van der Waals surface area (Å²) in [5, 5.41) is 11.5. The number of benzene rings is 3. The number of carbonyl (C=O) groups excluding carboxylic acids is 2. The van der Waals surface area contributed by atoms with Gasteiger partial charge < -0.3 is 19.3 Å². The maximum absolute atomic E-state index is 13.6. The number of thiazole rings is 1. The second-order valence-corrected chi connectivity index (χ2v) is 10.3. The van der Waals surface area contributed by atoms with Crippen molar-refractivity contribution >= 4 is 44.5 Å². The highest BCUT2D eigenvalue weighted by atomic mass is 32.1. The first-order chi connectivity index (χ1) is 19.9. The quantitative estimate of drug-likeness (QED) is 0.201. The first kappa shape index (κ1) is 27.9. The van der Waals surface area contributed by atoms with E-state index in [0.717, 1.165) is 16.7 Å². The Labute approximate surface area is 242 Å². The number of methoxy groups -OCH3 is 1. The van der Waals surface area contributed by atoms with Crippen molar-refractivity contribution in [2.24, 2.45) is 0 Å². The van der Waals surface area contributed by atoms with Crippen molar-refractivity contribution in [2.45, 2.75) is 26.3 Å². The molecule has 0 spiro atoms. The lowest BCUT2D eigenvalue weighted by Gasteiger charge is -2.25. The molecule has 5 rings (SSSR count). The Balaban J connectivity index is 1.62. The zero-order valence-electron chi connectivity index (χ0n) is 23.0. The van der Waals surface area contributed by atoms with E-state index in [1.807, 2.05) is 50.2 Å². The number of nitrogens with zero attached hydrogens (tertiary/aromatic N) is 2. The highest BCUT2D eigenvalue weighted by molar-refractivity contribution is 7.22. The number of aliphatic hydroxyl groups is 1. The van der Waals surface area contributed by atoms with E-state index in [2.05, 4.69) is 4.98 Å². The number of aromatic nitrogens is 1. The highest BCUT2D eigenvalue weighted by Gasteiger charge is 2.45. The van der Waals surface area contributed by atoms with Crippen LogP contribution in [0.5, 0.6) is 17.2 Å². The number of fused-ring (bicyclic) bond motifs is 1. The largest absolute Gasteiger partial charge is 0.503 e. The van der Waals surface area contributed by atoms with Gasteiger partial charge in [-0.15, -0.1) is 0 Å². The van der Waals surface area contributed by atoms with Crippen LogP contribution < -0.4 is 19.1 Å². The van der Waals surface area contributed by atoms with Crippen molar-refractivity contribution in [2.75, 3.05) is 25.2 Å². The molecule has 2 heterocycles. The van der Waals surface area contributed by atoms with Crippen LogP contribution in [0.3, 0.4) is 0 Å². The third-order valence-corrected chi connectivity index (χ3v) is 7.55. The fraction of sp³-hybridized carbons (Fsp3) is 0.219. The van der Waals surface area contributed by atoms with Crippen molar-refractivity contribution < 1.29 is 28.9 Å². The Morgan fingerprint density at radius 2 is 1.85 bits per heavy atom. The zero-order valence-corrected chi connectivity index (χ0v) is 23.8. The molecule has 1 aliphatic rings. The molecule has 41 heavy (non-hydrogen) atoms. The first-order valence-corrected chi connectivity index (χ1v) is 14.1. The summed E-state index contributed by atoms with van der Waals surface area (Å²) in [6, 6.07) is 19.1. The summed E-state index contributed by atoms with van der Waals surface area (Å²) in [5.74, 6) is -0.105. The summed E-state index contributed by atoms with van der Waals surface area (Å²) in [6.45, 7) is 4.79. The predicted molar refractivity (Wildman–Crippen MR) is 160 cm³/mol. The molecule has 1 aromatic heterocycles. The summed E-state index contributed by atoms with van der Waals surface area (Å²) in [6.07, 6.45) is 3.85. The van der Waals surface area contributed by atoms with Crippen LogP contribution in [0.2, 0.25) is 0 Å². The fourth-order valence-corrected chi connectivity index (χ4v) is 5.63. The Morgan fingerprint density at radius 3 is 2.59 bits per heavy atom. The van der Waals surface area contributed by atoms with Crippen LogP contribution in [0.4, 0.5) is 5.13 Å². The molecule has 0 fully saturated rings. The van der Waals surface area contributed by atoms with Crippen LogP contribution in [0.25, 0.3) is 16.3 Å². The molecular formula is C32H30N2O6S.